The van der Waals surface area contributed by atoms with Crippen LogP contribution in [-0.4, -0.2) is 34.6 Å². The van der Waals surface area contributed by atoms with Crippen molar-refractivity contribution in [1.82, 2.24) is 0 Å². The van der Waals surface area contributed by atoms with E-state index in [9.17, 15) is 16.8 Å². The highest BCUT2D eigenvalue weighted by Gasteiger charge is 2.17. The minimum absolute atomic E-state index is 0.0279. The van der Waals surface area contributed by atoms with Crippen molar-refractivity contribution in [2.75, 3.05) is 17.8 Å². The van der Waals surface area contributed by atoms with Crippen LogP contribution in [0.5, 0.6) is 0 Å². The number of hydrogen-bond donors (Lipinski definition) is 0. The molecule has 0 aliphatic carbocycles. The summed E-state index contributed by atoms with van der Waals surface area (Å²) in [4.78, 5) is 0.0279. The smallest absolute Gasteiger partial charge is 0.179 e. The van der Waals surface area contributed by atoms with Crippen molar-refractivity contribution in [3.05, 3.63) is 29.8 Å². The minimum atomic E-state index is -3.61. The van der Waals surface area contributed by atoms with Crippen LogP contribution in [0, 0.1) is 11.3 Å². The number of sulfone groups is 2. The van der Waals surface area contributed by atoms with Crippen molar-refractivity contribution >= 4 is 19.7 Å². The fourth-order valence-electron chi connectivity index (χ4n) is 1.12. The zero-order valence-electron chi connectivity index (χ0n) is 9.12. The third-order valence-electron chi connectivity index (χ3n) is 2.07. The molecular weight excluding hydrogens is 262 g/mol. The van der Waals surface area contributed by atoms with Crippen LogP contribution in [0.25, 0.3) is 0 Å². The van der Waals surface area contributed by atoms with E-state index in [2.05, 4.69) is 0 Å². The Morgan fingerprint density at radius 1 is 1.06 bits per heavy atom. The molecule has 7 heteroatoms. The second kappa shape index (κ2) is 4.85. The predicted molar refractivity (Wildman–Crippen MR) is 62.9 cm³/mol. The summed E-state index contributed by atoms with van der Waals surface area (Å²) in [5.41, 5.74) is 0.354. The molecule has 1 rings (SSSR count). The van der Waals surface area contributed by atoms with Gasteiger partial charge in [-0.05, 0) is 24.3 Å². The topological polar surface area (TPSA) is 92.1 Å². The highest BCUT2D eigenvalue weighted by Crippen LogP contribution is 2.12. The Morgan fingerprint density at radius 2 is 1.59 bits per heavy atom. The fourth-order valence-corrected chi connectivity index (χ4v) is 3.99. The molecule has 0 aliphatic rings. The van der Waals surface area contributed by atoms with Gasteiger partial charge in [0.15, 0.2) is 9.84 Å². The summed E-state index contributed by atoms with van der Waals surface area (Å²) >= 11 is 0. The van der Waals surface area contributed by atoms with Crippen LogP contribution in [-0.2, 0) is 19.7 Å². The zero-order chi connectivity index (χ0) is 13.1. The maximum atomic E-state index is 11.7. The van der Waals surface area contributed by atoms with E-state index in [1.54, 1.807) is 0 Å². The van der Waals surface area contributed by atoms with E-state index in [4.69, 9.17) is 5.26 Å². The molecule has 17 heavy (non-hydrogen) atoms. The third kappa shape index (κ3) is 4.17. The molecule has 0 amide bonds. The number of hydrogen-bond acceptors (Lipinski definition) is 5. The number of nitrogens with zero attached hydrogens (tertiary/aromatic N) is 1. The lowest BCUT2D eigenvalue weighted by molar-refractivity contribution is 0.590. The average molecular weight is 273 g/mol. The standard InChI is InChI=1S/C10H11NO4S2/c1-16(12,13)6-7-17(14,15)10-4-2-9(8-11)3-5-10/h2-5H,6-7H2,1H3. The van der Waals surface area contributed by atoms with E-state index in [0.29, 0.717) is 5.56 Å². The molecule has 0 saturated carbocycles. The van der Waals surface area contributed by atoms with Gasteiger partial charge in [0.2, 0.25) is 0 Å². The van der Waals surface area contributed by atoms with E-state index in [-0.39, 0.29) is 4.90 Å². The molecule has 0 aliphatic heterocycles. The van der Waals surface area contributed by atoms with Gasteiger partial charge in [0.05, 0.1) is 28.0 Å². The van der Waals surface area contributed by atoms with E-state index in [1.165, 1.54) is 24.3 Å². The van der Waals surface area contributed by atoms with Gasteiger partial charge in [-0.3, -0.25) is 0 Å². The maximum Gasteiger partial charge on any atom is 0.179 e. The second-order valence-corrected chi connectivity index (χ2v) is 7.95. The molecule has 0 heterocycles. The van der Waals surface area contributed by atoms with Gasteiger partial charge < -0.3 is 0 Å². The van der Waals surface area contributed by atoms with Crippen molar-refractivity contribution in [1.29, 1.82) is 5.26 Å². The first kappa shape index (κ1) is 13.7. The lowest BCUT2D eigenvalue weighted by Crippen LogP contribution is -2.16. The molecule has 0 aromatic heterocycles. The molecule has 0 N–H and O–H groups in total. The SMILES string of the molecule is CS(=O)(=O)CCS(=O)(=O)c1ccc(C#N)cc1. The first-order valence-corrected chi connectivity index (χ1v) is 8.36. The molecule has 0 fully saturated rings. The molecule has 92 valence electrons. The first-order valence-electron chi connectivity index (χ1n) is 4.65. The van der Waals surface area contributed by atoms with Gasteiger partial charge in [-0.1, -0.05) is 0 Å². The molecule has 1 aromatic carbocycles. The van der Waals surface area contributed by atoms with Crippen LogP contribution >= 0.6 is 0 Å². The Kier molecular flexibility index (Phi) is 3.91. The van der Waals surface area contributed by atoms with Gasteiger partial charge >= 0.3 is 0 Å². The van der Waals surface area contributed by atoms with E-state index < -0.39 is 31.2 Å². The van der Waals surface area contributed by atoms with Crippen molar-refractivity contribution < 1.29 is 16.8 Å². The van der Waals surface area contributed by atoms with Gasteiger partial charge in [-0.25, -0.2) is 16.8 Å². The van der Waals surface area contributed by atoms with Crippen LogP contribution in [0.3, 0.4) is 0 Å². The Bertz CT molecular complexity index is 637. The number of benzene rings is 1. The highest BCUT2D eigenvalue weighted by molar-refractivity contribution is 7.94. The molecule has 0 saturated heterocycles. The summed E-state index contributed by atoms with van der Waals surface area (Å²) in [6.07, 6.45) is 0.987. The number of nitriles is 1. The van der Waals surface area contributed by atoms with Gasteiger partial charge in [-0.15, -0.1) is 0 Å². The summed E-state index contributed by atoms with van der Waals surface area (Å²) in [7, 11) is -6.92. The first-order chi connectivity index (χ1) is 7.74. The third-order valence-corrected chi connectivity index (χ3v) is 5.00. The maximum absolute atomic E-state index is 11.7. The van der Waals surface area contributed by atoms with E-state index >= 15 is 0 Å². The Balaban J connectivity index is 2.94. The molecule has 0 bridgehead atoms. The minimum Gasteiger partial charge on any atom is -0.229 e. The van der Waals surface area contributed by atoms with Gasteiger partial charge in [-0.2, -0.15) is 5.26 Å². The van der Waals surface area contributed by atoms with Gasteiger partial charge in [0.1, 0.15) is 9.84 Å². The Labute approximate surface area is 101 Å². The average Bonchev–Trinajstić information content (AvgIpc) is 2.26. The molecule has 1 aromatic rings. The molecular formula is C10H11NO4S2. The van der Waals surface area contributed by atoms with Gasteiger partial charge in [0.25, 0.3) is 0 Å². The highest BCUT2D eigenvalue weighted by atomic mass is 32.2. The van der Waals surface area contributed by atoms with Crippen molar-refractivity contribution in [3.63, 3.8) is 0 Å². The van der Waals surface area contributed by atoms with Crippen LogP contribution in [0.2, 0.25) is 0 Å². The van der Waals surface area contributed by atoms with Crippen LogP contribution in [0.4, 0.5) is 0 Å². The molecule has 5 nitrogen and oxygen atoms in total. The van der Waals surface area contributed by atoms with Crippen LogP contribution in [0.1, 0.15) is 5.56 Å². The van der Waals surface area contributed by atoms with Crippen LogP contribution in [0.15, 0.2) is 29.2 Å². The summed E-state index contributed by atoms with van der Waals surface area (Å²) in [5.74, 6) is -0.854. The molecule has 0 unspecified atom stereocenters. The number of rotatable bonds is 4. The predicted octanol–water partition coefficient (Wildman–Crippen LogP) is 0.377. The van der Waals surface area contributed by atoms with Crippen molar-refractivity contribution in [2.45, 2.75) is 4.90 Å². The quantitative estimate of drug-likeness (QED) is 0.790. The van der Waals surface area contributed by atoms with E-state index in [0.717, 1.165) is 6.26 Å². The summed E-state index contributed by atoms with van der Waals surface area (Å²) in [5, 5.41) is 8.56. The van der Waals surface area contributed by atoms with E-state index in [1.807, 2.05) is 6.07 Å². The van der Waals surface area contributed by atoms with Crippen molar-refractivity contribution in [2.24, 2.45) is 0 Å². The lowest BCUT2D eigenvalue weighted by Gasteiger charge is -2.03. The molecule has 0 spiro atoms. The van der Waals surface area contributed by atoms with Crippen molar-refractivity contribution in [3.8, 4) is 6.07 Å². The zero-order valence-corrected chi connectivity index (χ0v) is 10.8. The Hall–Kier alpha value is -1.39. The van der Waals surface area contributed by atoms with Crippen LogP contribution < -0.4 is 0 Å². The summed E-state index contributed by atoms with van der Waals surface area (Å²) < 4.78 is 45.3. The summed E-state index contributed by atoms with van der Waals surface area (Å²) in [6, 6.07) is 7.24. The second-order valence-electron chi connectivity index (χ2n) is 3.58. The largest absolute Gasteiger partial charge is 0.229 e. The van der Waals surface area contributed by atoms with Gasteiger partial charge in [0, 0.05) is 6.26 Å². The molecule has 0 atom stereocenters. The normalized spacial score (nSPS) is 12.0. The molecule has 0 radical (unpaired) electrons. The monoisotopic (exact) mass is 273 g/mol. The fraction of sp³-hybridized carbons (Fsp3) is 0.300. The summed E-state index contributed by atoms with van der Waals surface area (Å²) in [6.45, 7) is 0. The Morgan fingerprint density at radius 3 is 2.00 bits per heavy atom. The lowest BCUT2D eigenvalue weighted by atomic mass is 10.2.